The number of nitrogens with two attached hydrogens (primary N) is 1. The molecule has 0 fully saturated rings. The predicted molar refractivity (Wildman–Crippen MR) is 95.2 cm³/mol. The van der Waals surface area contributed by atoms with Crippen LogP contribution in [0.1, 0.15) is 30.6 Å². The molecule has 8 nitrogen and oxygen atoms in total. The molecule has 0 saturated heterocycles. The molecule has 1 aromatic carbocycles. The molecule has 2 heterocycles. The number of aromatic amines is 1. The van der Waals surface area contributed by atoms with Gasteiger partial charge in [-0.05, 0) is 18.2 Å². The maximum Gasteiger partial charge on any atom is 0.319 e. The fourth-order valence-electron chi connectivity index (χ4n) is 2.21. The third kappa shape index (κ3) is 3.80. The molecular weight excluding hydrogens is 326 g/mol. The number of amides is 2. The highest BCUT2D eigenvalue weighted by molar-refractivity contribution is 7.15. The minimum atomic E-state index is -0.268. The Morgan fingerprint density at radius 1 is 1.38 bits per heavy atom. The van der Waals surface area contributed by atoms with Crippen molar-refractivity contribution in [3.05, 3.63) is 29.0 Å². The smallest absolute Gasteiger partial charge is 0.319 e. The normalized spacial score (nSPS) is 11.1. The summed E-state index contributed by atoms with van der Waals surface area (Å²) in [5.74, 6) is 1.26. The largest absolute Gasteiger partial charge is 0.374 e. The number of benzene rings is 1. The first-order valence-corrected chi connectivity index (χ1v) is 8.45. The lowest BCUT2D eigenvalue weighted by Gasteiger charge is -2.06. The van der Waals surface area contributed by atoms with E-state index >= 15 is 0 Å². The second-order valence-corrected chi connectivity index (χ2v) is 6.77. The van der Waals surface area contributed by atoms with E-state index in [-0.39, 0.29) is 6.03 Å². The van der Waals surface area contributed by atoms with E-state index < -0.39 is 0 Å². The molecule has 3 aromatic rings. The molecule has 0 saturated carbocycles. The Morgan fingerprint density at radius 2 is 2.21 bits per heavy atom. The molecular formula is C15H19N7OS. The number of anilines is 2. The summed E-state index contributed by atoms with van der Waals surface area (Å²) in [4.78, 5) is 19.7. The van der Waals surface area contributed by atoms with Crippen molar-refractivity contribution in [1.29, 1.82) is 0 Å². The average Bonchev–Trinajstić information content (AvgIpc) is 3.13. The van der Waals surface area contributed by atoms with Crippen LogP contribution in [0.5, 0.6) is 0 Å². The Bertz CT molecular complexity index is 855. The molecule has 24 heavy (non-hydrogen) atoms. The van der Waals surface area contributed by atoms with Crippen LogP contribution in [-0.2, 0) is 6.42 Å². The van der Waals surface area contributed by atoms with Crippen molar-refractivity contribution < 1.29 is 4.79 Å². The fraction of sp³-hybridized carbons (Fsp3) is 0.333. The number of nitrogens with zero attached hydrogens (tertiary/aromatic N) is 3. The average molecular weight is 345 g/mol. The SMILES string of the molecule is CC(C)c1nc2ccc(NC(=O)NCCc3nnc(N)s3)cc2[nH]1. The summed E-state index contributed by atoms with van der Waals surface area (Å²) in [6.45, 7) is 4.62. The van der Waals surface area contributed by atoms with E-state index in [9.17, 15) is 4.79 Å². The minimum absolute atomic E-state index is 0.268. The number of hydrogen-bond donors (Lipinski definition) is 4. The zero-order valence-electron chi connectivity index (χ0n) is 13.5. The molecule has 126 valence electrons. The minimum Gasteiger partial charge on any atom is -0.374 e. The number of rotatable bonds is 5. The molecule has 3 rings (SSSR count). The fourth-order valence-corrected chi connectivity index (χ4v) is 2.82. The van der Waals surface area contributed by atoms with Gasteiger partial charge in [0.1, 0.15) is 10.8 Å². The van der Waals surface area contributed by atoms with E-state index in [1.807, 2.05) is 18.2 Å². The van der Waals surface area contributed by atoms with Crippen LogP contribution in [0.2, 0.25) is 0 Å². The van der Waals surface area contributed by atoms with E-state index in [1.165, 1.54) is 11.3 Å². The lowest BCUT2D eigenvalue weighted by molar-refractivity contribution is 0.252. The molecule has 0 radical (unpaired) electrons. The van der Waals surface area contributed by atoms with Gasteiger partial charge in [-0.25, -0.2) is 9.78 Å². The van der Waals surface area contributed by atoms with Crippen LogP contribution >= 0.6 is 11.3 Å². The molecule has 0 bridgehead atoms. The number of H-pyrrole nitrogens is 1. The van der Waals surface area contributed by atoms with Gasteiger partial charge in [0.2, 0.25) is 5.13 Å². The van der Waals surface area contributed by atoms with E-state index in [4.69, 9.17) is 5.73 Å². The zero-order valence-corrected chi connectivity index (χ0v) is 14.3. The van der Waals surface area contributed by atoms with Gasteiger partial charge in [-0.3, -0.25) is 0 Å². The number of hydrogen-bond acceptors (Lipinski definition) is 6. The first kappa shape index (κ1) is 16.2. The molecule has 0 atom stereocenters. The van der Waals surface area contributed by atoms with Gasteiger partial charge in [0, 0.05) is 24.6 Å². The maximum absolute atomic E-state index is 12.0. The lowest BCUT2D eigenvalue weighted by Crippen LogP contribution is -2.30. The first-order valence-electron chi connectivity index (χ1n) is 7.63. The summed E-state index contributed by atoms with van der Waals surface area (Å²) in [7, 11) is 0. The van der Waals surface area contributed by atoms with Crippen molar-refractivity contribution in [2.75, 3.05) is 17.6 Å². The number of carbonyl (C=O) groups excluding carboxylic acids is 1. The van der Waals surface area contributed by atoms with Gasteiger partial charge in [-0.2, -0.15) is 0 Å². The van der Waals surface area contributed by atoms with E-state index in [0.717, 1.165) is 21.9 Å². The monoisotopic (exact) mass is 345 g/mol. The van der Waals surface area contributed by atoms with Gasteiger partial charge >= 0.3 is 6.03 Å². The third-order valence-electron chi connectivity index (χ3n) is 3.41. The highest BCUT2D eigenvalue weighted by Crippen LogP contribution is 2.20. The predicted octanol–water partition coefficient (Wildman–Crippen LogP) is 2.48. The number of nitrogen functional groups attached to an aromatic ring is 1. The summed E-state index contributed by atoms with van der Waals surface area (Å²) in [5, 5.41) is 14.5. The van der Waals surface area contributed by atoms with Gasteiger partial charge in [0.25, 0.3) is 0 Å². The van der Waals surface area contributed by atoms with Crippen molar-refractivity contribution in [2.24, 2.45) is 0 Å². The summed E-state index contributed by atoms with van der Waals surface area (Å²) in [6.07, 6.45) is 0.597. The van der Waals surface area contributed by atoms with E-state index in [0.29, 0.717) is 29.7 Å². The number of imidazole rings is 1. The van der Waals surface area contributed by atoms with Gasteiger partial charge in [-0.1, -0.05) is 25.2 Å². The van der Waals surface area contributed by atoms with Gasteiger partial charge < -0.3 is 21.4 Å². The molecule has 2 amide bonds. The highest BCUT2D eigenvalue weighted by atomic mass is 32.1. The molecule has 0 spiro atoms. The van der Waals surface area contributed by atoms with Crippen LogP contribution in [0.3, 0.4) is 0 Å². The number of aromatic nitrogens is 4. The lowest BCUT2D eigenvalue weighted by atomic mass is 10.2. The number of urea groups is 1. The molecule has 2 aromatic heterocycles. The topological polar surface area (TPSA) is 122 Å². The Hall–Kier alpha value is -2.68. The molecule has 0 aliphatic heterocycles. The summed E-state index contributed by atoms with van der Waals surface area (Å²) in [6, 6.07) is 5.32. The standard InChI is InChI=1S/C15H19N7OS/c1-8(2)13-19-10-4-3-9(7-11(10)20-13)18-15(23)17-6-5-12-21-22-14(16)24-12/h3-4,7-8H,5-6H2,1-2H3,(H2,16,22)(H,19,20)(H2,17,18,23). The molecule has 0 aliphatic carbocycles. The van der Waals surface area contributed by atoms with Crippen LogP contribution in [0, 0.1) is 0 Å². The van der Waals surface area contributed by atoms with Gasteiger partial charge in [-0.15, -0.1) is 10.2 Å². The van der Waals surface area contributed by atoms with Crippen molar-refractivity contribution in [3.8, 4) is 0 Å². The van der Waals surface area contributed by atoms with Crippen LogP contribution in [0.4, 0.5) is 15.6 Å². The number of carbonyl (C=O) groups is 1. The van der Waals surface area contributed by atoms with Crippen molar-refractivity contribution >= 4 is 39.2 Å². The van der Waals surface area contributed by atoms with Crippen LogP contribution in [0.15, 0.2) is 18.2 Å². The Balaban J connectivity index is 1.56. The van der Waals surface area contributed by atoms with Gasteiger partial charge in [0.15, 0.2) is 0 Å². The second-order valence-electron chi connectivity index (χ2n) is 5.67. The van der Waals surface area contributed by atoms with E-state index in [2.05, 4.69) is 44.6 Å². The quantitative estimate of drug-likeness (QED) is 0.566. The van der Waals surface area contributed by atoms with Crippen molar-refractivity contribution in [1.82, 2.24) is 25.5 Å². The number of nitrogens with one attached hydrogen (secondary N) is 3. The summed E-state index contributed by atoms with van der Waals surface area (Å²) < 4.78 is 0. The summed E-state index contributed by atoms with van der Waals surface area (Å²) in [5.41, 5.74) is 8.01. The molecule has 9 heteroatoms. The maximum atomic E-state index is 12.0. The van der Waals surface area contributed by atoms with Crippen LogP contribution in [-0.4, -0.2) is 32.7 Å². The Morgan fingerprint density at radius 3 is 2.92 bits per heavy atom. The Kier molecular flexibility index (Phi) is 4.61. The molecule has 0 unspecified atom stereocenters. The number of fused-ring (bicyclic) bond motifs is 1. The van der Waals surface area contributed by atoms with Crippen LogP contribution < -0.4 is 16.4 Å². The van der Waals surface area contributed by atoms with Crippen molar-refractivity contribution in [2.45, 2.75) is 26.2 Å². The molecule has 0 aliphatic rings. The summed E-state index contributed by atoms with van der Waals surface area (Å²) >= 11 is 1.32. The van der Waals surface area contributed by atoms with Gasteiger partial charge in [0.05, 0.1) is 11.0 Å². The Labute approximate surface area is 142 Å². The first-order chi connectivity index (χ1) is 11.5. The molecule has 5 N–H and O–H groups in total. The second kappa shape index (κ2) is 6.83. The highest BCUT2D eigenvalue weighted by Gasteiger charge is 2.08. The van der Waals surface area contributed by atoms with Crippen molar-refractivity contribution in [3.63, 3.8) is 0 Å². The van der Waals surface area contributed by atoms with Crippen LogP contribution in [0.25, 0.3) is 11.0 Å². The van der Waals surface area contributed by atoms with E-state index in [1.54, 1.807) is 0 Å². The zero-order chi connectivity index (χ0) is 17.1. The third-order valence-corrected chi connectivity index (χ3v) is 4.22.